The molecule has 1 aliphatic heterocycles. The molecule has 0 aromatic rings. The fraction of sp³-hybridized carbons (Fsp3) is 0.917. The maximum Gasteiger partial charge on any atom is 0.324 e. The quantitative estimate of drug-likeness (QED) is 0.764. The lowest BCUT2D eigenvalue weighted by molar-refractivity contribution is -0.143. The first-order chi connectivity index (χ1) is 8.88. The molecule has 1 N–H and O–H groups in total. The zero-order valence-corrected chi connectivity index (χ0v) is 12.7. The van der Waals surface area contributed by atoms with Gasteiger partial charge in [-0.25, -0.2) is 0 Å². The first kappa shape index (κ1) is 16.4. The van der Waals surface area contributed by atoms with Gasteiger partial charge in [0.15, 0.2) is 0 Å². The standard InChI is InChI=1S/C12H24N2O4S/c1-10(2)11(12(15)18-3)13-19(16,17)14-8-6-4-5-7-9-14/h10-11,13H,4-9H2,1-3H3. The number of hydrogen-bond acceptors (Lipinski definition) is 4. The highest BCUT2D eigenvalue weighted by molar-refractivity contribution is 7.87. The van der Waals surface area contributed by atoms with Gasteiger partial charge in [0.25, 0.3) is 10.2 Å². The van der Waals surface area contributed by atoms with Crippen LogP contribution in [0.25, 0.3) is 0 Å². The summed E-state index contributed by atoms with van der Waals surface area (Å²) in [7, 11) is -2.36. The number of hydrogen-bond donors (Lipinski definition) is 1. The van der Waals surface area contributed by atoms with Crippen molar-refractivity contribution in [3.05, 3.63) is 0 Å². The molecule has 6 nitrogen and oxygen atoms in total. The minimum absolute atomic E-state index is 0.158. The second-order valence-corrected chi connectivity index (χ2v) is 6.88. The molecule has 0 amide bonds. The van der Waals surface area contributed by atoms with Gasteiger partial charge in [-0.2, -0.15) is 17.4 Å². The first-order valence-corrected chi connectivity index (χ1v) is 8.17. The van der Waals surface area contributed by atoms with Crippen LogP contribution < -0.4 is 4.72 Å². The van der Waals surface area contributed by atoms with Gasteiger partial charge in [0.05, 0.1) is 7.11 Å². The minimum Gasteiger partial charge on any atom is -0.468 e. The van der Waals surface area contributed by atoms with Crippen molar-refractivity contribution >= 4 is 16.2 Å². The summed E-state index contributed by atoms with van der Waals surface area (Å²) in [6, 6.07) is -0.835. The van der Waals surface area contributed by atoms with Gasteiger partial charge in [-0.05, 0) is 18.8 Å². The smallest absolute Gasteiger partial charge is 0.324 e. The van der Waals surface area contributed by atoms with Crippen LogP contribution >= 0.6 is 0 Å². The number of rotatable bonds is 5. The fourth-order valence-electron chi connectivity index (χ4n) is 2.10. The van der Waals surface area contributed by atoms with Crippen molar-refractivity contribution in [2.75, 3.05) is 20.2 Å². The van der Waals surface area contributed by atoms with Crippen molar-refractivity contribution < 1.29 is 17.9 Å². The van der Waals surface area contributed by atoms with Crippen LogP contribution in [0.15, 0.2) is 0 Å². The summed E-state index contributed by atoms with van der Waals surface area (Å²) in [5.74, 6) is -0.706. The third-order valence-electron chi connectivity index (χ3n) is 3.30. The van der Waals surface area contributed by atoms with E-state index in [0.29, 0.717) is 13.1 Å². The van der Waals surface area contributed by atoms with Crippen LogP contribution in [0.5, 0.6) is 0 Å². The Bertz CT molecular complexity index is 387. The fourth-order valence-corrected chi connectivity index (χ4v) is 3.68. The van der Waals surface area contributed by atoms with Gasteiger partial charge in [-0.3, -0.25) is 4.79 Å². The Morgan fingerprint density at radius 2 is 1.68 bits per heavy atom. The number of ether oxygens (including phenoxy) is 1. The summed E-state index contributed by atoms with van der Waals surface area (Å²) >= 11 is 0. The lowest BCUT2D eigenvalue weighted by Gasteiger charge is -2.25. The molecule has 1 saturated heterocycles. The molecule has 1 heterocycles. The third kappa shape index (κ3) is 4.74. The van der Waals surface area contributed by atoms with E-state index in [1.165, 1.54) is 11.4 Å². The molecule has 0 aliphatic carbocycles. The van der Waals surface area contributed by atoms with Crippen molar-refractivity contribution in [1.29, 1.82) is 0 Å². The molecule has 19 heavy (non-hydrogen) atoms. The van der Waals surface area contributed by atoms with Crippen molar-refractivity contribution in [3.8, 4) is 0 Å². The number of carbonyl (C=O) groups excluding carboxylic acids is 1. The van der Waals surface area contributed by atoms with E-state index in [0.717, 1.165) is 25.7 Å². The first-order valence-electron chi connectivity index (χ1n) is 6.73. The Balaban J connectivity index is 2.77. The zero-order chi connectivity index (χ0) is 14.5. The van der Waals surface area contributed by atoms with Gasteiger partial charge in [0.1, 0.15) is 6.04 Å². The van der Waals surface area contributed by atoms with E-state index < -0.39 is 22.2 Å². The Morgan fingerprint density at radius 3 is 2.11 bits per heavy atom. The van der Waals surface area contributed by atoms with Crippen LogP contribution in [0.3, 0.4) is 0 Å². The molecule has 0 bridgehead atoms. The topological polar surface area (TPSA) is 75.7 Å². The molecule has 1 atom stereocenters. The monoisotopic (exact) mass is 292 g/mol. The molecule has 0 saturated carbocycles. The normalized spacial score (nSPS) is 20.0. The molecule has 1 unspecified atom stereocenters. The van der Waals surface area contributed by atoms with Crippen LogP contribution in [0.1, 0.15) is 39.5 Å². The Kier molecular flexibility index (Phi) is 6.22. The molecular weight excluding hydrogens is 268 g/mol. The largest absolute Gasteiger partial charge is 0.468 e. The van der Waals surface area contributed by atoms with Gasteiger partial charge < -0.3 is 4.74 Å². The lowest BCUT2D eigenvalue weighted by atomic mass is 10.1. The van der Waals surface area contributed by atoms with E-state index in [1.54, 1.807) is 13.8 Å². The number of nitrogens with zero attached hydrogens (tertiary/aromatic N) is 1. The highest BCUT2D eigenvalue weighted by Crippen LogP contribution is 2.14. The number of nitrogens with one attached hydrogen (secondary N) is 1. The molecule has 1 rings (SSSR count). The predicted molar refractivity (Wildman–Crippen MR) is 72.7 cm³/mol. The maximum absolute atomic E-state index is 12.3. The number of methoxy groups -OCH3 is 1. The predicted octanol–water partition coefficient (Wildman–Crippen LogP) is 0.894. The van der Waals surface area contributed by atoms with Crippen LogP contribution in [0, 0.1) is 5.92 Å². The average molecular weight is 292 g/mol. The molecule has 0 aromatic carbocycles. The Hall–Kier alpha value is -0.660. The Labute approximate surface area is 115 Å². The second kappa shape index (κ2) is 7.21. The van der Waals surface area contributed by atoms with Crippen LogP contribution in [-0.2, 0) is 19.7 Å². The summed E-state index contributed by atoms with van der Waals surface area (Å²) in [5.41, 5.74) is 0. The average Bonchev–Trinajstić information content (AvgIpc) is 2.64. The highest BCUT2D eigenvalue weighted by Gasteiger charge is 2.31. The molecule has 0 radical (unpaired) electrons. The van der Waals surface area contributed by atoms with E-state index in [2.05, 4.69) is 9.46 Å². The molecular formula is C12H24N2O4S. The zero-order valence-electron chi connectivity index (χ0n) is 11.9. The number of esters is 1. The summed E-state index contributed by atoms with van der Waals surface area (Å²) in [6.45, 7) is 4.60. The summed E-state index contributed by atoms with van der Waals surface area (Å²) in [4.78, 5) is 11.6. The third-order valence-corrected chi connectivity index (χ3v) is 4.90. The highest BCUT2D eigenvalue weighted by atomic mass is 32.2. The second-order valence-electron chi connectivity index (χ2n) is 5.18. The van der Waals surface area contributed by atoms with Crippen LogP contribution in [-0.4, -0.2) is 44.9 Å². The molecule has 1 aliphatic rings. The van der Waals surface area contributed by atoms with Gasteiger partial charge in [-0.15, -0.1) is 0 Å². The van der Waals surface area contributed by atoms with Gasteiger partial charge >= 0.3 is 5.97 Å². The van der Waals surface area contributed by atoms with E-state index in [4.69, 9.17) is 0 Å². The van der Waals surface area contributed by atoms with Crippen molar-refractivity contribution in [3.63, 3.8) is 0 Å². The molecule has 112 valence electrons. The minimum atomic E-state index is -3.62. The summed E-state index contributed by atoms with van der Waals surface area (Å²) in [5, 5.41) is 0. The molecule has 0 spiro atoms. The summed E-state index contributed by atoms with van der Waals surface area (Å²) < 4.78 is 33.1. The summed E-state index contributed by atoms with van der Waals surface area (Å²) in [6.07, 6.45) is 3.84. The van der Waals surface area contributed by atoms with Crippen LogP contribution in [0.2, 0.25) is 0 Å². The van der Waals surface area contributed by atoms with E-state index in [9.17, 15) is 13.2 Å². The van der Waals surface area contributed by atoms with Gasteiger partial charge in [0, 0.05) is 13.1 Å². The molecule has 7 heteroatoms. The van der Waals surface area contributed by atoms with Crippen molar-refractivity contribution in [2.24, 2.45) is 5.92 Å². The van der Waals surface area contributed by atoms with Gasteiger partial charge in [0.2, 0.25) is 0 Å². The Morgan fingerprint density at radius 1 is 1.16 bits per heavy atom. The SMILES string of the molecule is COC(=O)C(NS(=O)(=O)N1CCCCCC1)C(C)C. The number of carbonyl (C=O) groups is 1. The van der Waals surface area contributed by atoms with E-state index in [-0.39, 0.29) is 5.92 Å². The molecule has 1 fully saturated rings. The van der Waals surface area contributed by atoms with Gasteiger partial charge in [-0.1, -0.05) is 26.7 Å². The molecule has 0 aromatic heterocycles. The van der Waals surface area contributed by atoms with E-state index >= 15 is 0 Å². The van der Waals surface area contributed by atoms with Crippen molar-refractivity contribution in [2.45, 2.75) is 45.6 Å². The lowest BCUT2D eigenvalue weighted by Crippen LogP contribution is -2.51. The van der Waals surface area contributed by atoms with Crippen LogP contribution in [0.4, 0.5) is 0 Å². The van der Waals surface area contributed by atoms with E-state index in [1.807, 2.05) is 0 Å². The van der Waals surface area contributed by atoms with Crippen molar-refractivity contribution in [1.82, 2.24) is 9.03 Å². The maximum atomic E-state index is 12.3.